The zero-order chi connectivity index (χ0) is 25.8. The number of hydrogen-bond acceptors (Lipinski definition) is 6. The Labute approximate surface area is 215 Å². The molecule has 37 heavy (non-hydrogen) atoms. The fourth-order valence-electron chi connectivity index (χ4n) is 5.11. The van der Waals surface area contributed by atoms with Crippen molar-refractivity contribution in [1.29, 1.82) is 0 Å². The lowest BCUT2D eigenvalue weighted by atomic mass is 9.86. The van der Waals surface area contributed by atoms with Crippen LogP contribution in [-0.2, 0) is 16.0 Å². The molecule has 0 unspecified atom stereocenters. The van der Waals surface area contributed by atoms with Crippen LogP contribution in [0.4, 0.5) is 0 Å². The molecule has 2 amide bonds. The van der Waals surface area contributed by atoms with Crippen LogP contribution in [0.15, 0.2) is 77.4 Å². The van der Waals surface area contributed by atoms with E-state index >= 15 is 0 Å². The van der Waals surface area contributed by atoms with Crippen molar-refractivity contribution in [3.05, 3.63) is 95.7 Å². The molecular formula is C28H30N6O3. The first-order valence-corrected chi connectivity index (χ1v) is 12.4. The van der Waals surface area contributed by atoms with Crippen molar-refractivity contribution in [2.24, 2.45) is 0 Å². The maximum atomic E-state index is 13.7. The van der Waals surface area contributed by atoms with Crippen LogP contribution in [0.25, 0.3) is 5.69 Å². The zero-order valence-corrected chi connectivity index (χ0v) is 21.0. The van der Waals surface area contributed by atoms with E-state index in [0.29, 0.717) is 31.5 Å². The lowest BCUT2D eigenvalue weighted by molar-refractivity contribution is -0.132. The smallest absolute Gasteiger partial charge is 0.223 e. The average molecular weight is 499 g/mol. The first kappa shape index (κ1) is 24.4. The average Bonchev–Trinajstić information content (AvgIpc) is 3.67. The second kappa shape index (κ2) is 10.4. The van der Waals surface area contributed by atoms with Gasteiger partial charge in [0.1, 0.15) is 11.8 Å². The minimum absolute atomic E-state index is 0.00642. The van der Waals surface area contributed by atoms with E-state index in [-0.39, 0.29) is 18.2 Å². The normalized spacial score (nSPS) is 17.9. The van der Waals surface area contributed by atoms with E-state index in [4.69, 9.17) is 4.42 Å². The number of para-hydroxylation sites is 1. The molecule has 4 aromatic rings. The third-order valence-electron chi connectivity index (χ3n) is 7.12. The molecule has 1 fully saturated rings. The largest absolute Gasteiger partial charge is 0.469 e. The van der Waals surface area contributed by atoms with Gasteiger partial charge in [-0.2, -0.15) is 4.68 Å². The molecule has 0 spiro atoms. The molecule has 0 saturated carbocycles. The Kier molecular flexibility index (Phi) is 6.85. The Bertz CT molecular complexity index is 1370. The lowest BCUT2D eigenvalue weighted by Gasteiger charge is -2.31. The van der Waals surface area contributed by atoms with Gasteiger partial charge in [0, 0.05) is 31.8 Å². The number of aryl methyl sites for hydroxylation is 1. The van der Waals surface area contributed by atoms with Gasteiger partial charge >= 0.3 is 0 Å². The molecule has 3 heterocycles. The second-order valence-corrected chi connectivity index (χ2v) is 9.64. The molecule has 5 rings (SSSR count). The minimum Gasteiger partial charge on any atom is -0.469 e. The zero-order valence-electron chi connectivity index (χ0n) is 21.0. The van der Waals surface area contributed by atoms with Crippen molar-refractivity contribution in [2.75, 3.05) is 7.05 Å². The summed E-state index contributed by atoms with van der Waals surface area (Å²) in [5.74, 6) is 1.29. The molecule has 0 bridgehead atoms. The monoisotopic (exact) mass is 498 g/mol. The summed E-state index contributed by atoms with van der Waals surface area (Å²) in [7, 11) is 1.78. The van der Waals surface area contributed by atoms with E-state index < -0.39 is 11.6 Å². The standard InChI is InChI=1S/C28H30N6O3/c1-20-9-6-7-13-23(20)34-27(30-31-32-34)26(21-10-4-3-5-11-21)33(2)25(36)15-17-28(16-14-24(35)29-28)19-22-12-8-18-37-22/h3-13,18,26H,14-17,19H2,1-2H3,(H,29,35)/t26-,28+/m1/s1. The summed E-state index contributed by atoms with van der Waals surface area (Å²) < 4.78 is 7.25. The number of carbonyl (C=O) groups excluding carboxylic acids is 2. The molecule has 1 N–H and O–H groups in total. The van der Waals surface area contributed by atoms with E-state index in [0.717, 1.165) is 22.6 Å². The summed E-state index contributed by atoms with van der Waals surface area (Å²) in [6.45, 7) is 2.00. The molecule has 0 aliphatic carbocycles. The van der Waals surface area contributed by atoms with Crippen LogP contribution in [-0.4, -0.2) is 49.5 Å². The highest BCUT2D eigenvalue weighted by Gasteiger charge is 2.39. The van der Waals surface area contributed by atoms with Crippen molar-refractivity contribution < 1.29 is 14.0 Å². The van der Waals surface area contributed by atoms with Gasteiger partial charge in [-0.3, -0.25) is 9.59 Å². The summed E-state index contributed by atoms with van der Waals surface area (Å²) >= 11 is 0. The number of aromatic nitrogens is 4. The molecule has 9 heteroatoms. The Hall–Kier alpha value is -4.27. The van der Waals surface area contributed by atoms with E-state index in [1.54, 1.807) is 22.9 Å². The Morgan fingerprint density at radius 2 is 1.92 bits per heavy atom. The molecule has 2 atom stereocenters. The Balaban J connectivity index is 1.42. The number of rotatable bonds is 9. The van der Waals surface area contributed by atoms with E-state index in [1.807, 2.05) is 73.7 Å². The predicted octanol–water partition coefficient (Wildman–Crippen LogP) is 3.78. The quantitative estimate of drug-likeness (QED) is 0.376. The first-order chi connectivity index (χ1) is 18.0. The number of benzene rings is 2. The van der Waals surface area contributed by atoms with Gasteiger partial charge in [0.2, 0.25) is 11.8 Å². The summed E-state index contributed by atoms with van der Waals surface area (Å²) in [6.07, 6.45) is 4.05. The fraction of sp³-hybridized carbons (Fsp3) is 0.321. The van der Waals surface area contributed by atoms with Gasteiger partial charge in [0.05, 0.1) is 12.0 Å². The fourth-order valence-corrected chi connectivity index (χ4v) is 5.11. The predicted molar refractivity (Wildman–Crippen MR) is 137 cm³/mol. The SMILES string of the molecule is Cc1ccccc1-n1nnnc1[C@@H](c1ccccc1)N(C)C(=O)CC[C@]1(Cc2ccco2)CCC(=O)N1. The summed E-state index contributed by atoms with van der Waals surface area (Å²) in [4.78, 5) is 27.5. The number of hydrogen-bond donors (Lipinski definition) is 1. The summed E-state index contributed by atoms with van der Waals surface area (Å²) in [5.41, 5.74) is 2.28. The molecule has 2 aromatic carbocycles. The molecular weight excluding hydrogens is 468 g/mol. The minimum atomic E-state index is -0.504. The van der Waals surface area contributed by atoms with Crippen LogP contribution in [0.2, 0.25) is 0 Å². The third kappa shape index (κ3) is 5.16. The topological polar surface area (TPSA) is 106 Å². The summed E-state index contributed by atoms with van der Waals surface area (Å²) in [5, 5.41) is 15.7. The number of tetrazole rings is 1. The van der Waals surface area contributed by atoms with Crippen molar-refractivity contribution in [1.82, 2.24) is 30.4 Å². The van der Waals surface area contributed by atoms with Gasteiger partial charge in [-0.1, -0.05) is 48.5 Å². The highest BCUT2D eigenvalue weighted by molar-refractivity contribution is 5.80. The van der Waals surface area contributed by atoms with Gasteiger partial charge < -0.3 is 14.6 Å². The molecule has 190 valence electrons. The van der Waals surface area contributed by atoms with Crippen molar-refractivity contribution in [2.45, 2.75) is 50.6 Å². The number of nitrogens with zero attached hydrogens (tertiary/aromatic N) is 5. The van der Waals surface area contributed by atoms with Crippen LogP contribution >= 0.6 is 0 Å². The highest BCUT2D eigenvalue weighted by atomic mass is 16.3. The van der Waals surface area contributed by atoms with E-state index in [9.17, 15) is 9.59 Å². The molecule has 1 saturated heterocycles. The van der Waals surface area contributed by atoms with Crippen LogP contribution in [0.1, 0.15) is 54.4 Å². The van der Waals surface area contributed by atoms with Gasteiger partial charge in [-0.05, 0) is 59.5 Å². The Morgan fingerprint density at radius 1 is 1.14 bits per heavy atom. The maximum Gasteiger partial charge on any atom is 0.223 e. The van der Waals surface area contributed by atoms with Crippen LogP contribution < -0.4 is 5.32 Å². The molecule has 0 radical (unpaired) electrons. The van der Waals surface area contributed by atoms with E-state index in [1.165, 1.54) is 0 Å². The van der Waals surface area contributed by atoms with E-state index in [2.05, 4.69) is 20.8 Å². The van der Waals surface area contributed by atoms with Crippen molar-refractivity contribution >= 4 is 11.8 Å². The van der Waals surface area contributed by atoms with Crippen LogP contribution in [0, 0.1) is 6.92 Å². The number of nitrogens with one attached hydrogen (secondary N) is 1. The van der Waals surface area contributed by atoms with Crippen molar-refractivity contribution in [3.8, 4) is 5.69 Å². The van der Waals surface area contributed by atoms with Crippen LogP contribution in [0.3, 0.4) is 0 Å². The first-order valence-electron chi connectivity index (χ1n) is 12.4. The maximum absolute atomic E-state index is 13.7. The number of carbonyl (C=O) groups is 2. The summed E-state index contributed by atoms with van der Waals surface area (Å²) in [6, 6.07) is 20.9. The van der Waals surface area contributed by atoms with Crippen LogP contribution in [0.5, 0.6) is 0 Å². The number of amides is 2. The molecule has 2 aromatic heterocycles. The molecule has 1 aliphatic heterocycles. The second-order valence-electron chi connectivity index (χ2n) is 9.64. The third-order valence-corrected chi connectivity index (χ3v) is 7.12. The van der Waals surface area contributed by atoms with Gasteiger partial charge in [-0.25, -0.2) is 0 Å². The highest BCUT2D eigenvalue weighted by Crippen LogP contribution is 2.32. The van der Waals surface area contributed by atoms with Gasteiger partial charge in [0.15, 0.2) is 5.82 Å². The van der Waals surface area contributed by atoms with Gasteiger partial charge in [0.25, 0.3) is 0 Å². The lowest BCUT2D eigenvalue weighted by Crippen LogP contribution is -2.45. The molecule has 9 nitrogen and oxygen atoms in total. The Morgan fingerprint density at radius 3 is 2.62 bits per heavy atom. The van der Waals surface area contributed by atoms with Gasteiger partial charge in [-0.15, -0.1) is 5.10 Å². The van der Waals surface area contributed by atoms with Crippen molar-refractivity contribution in [3.63, 3.8) is 0 Å². The number of furan rings is 1. The molecule has 1 aliphatic rings.